The SMILES string of the molecule is CC[C@@H](O)[C@@H](O)[C@H](CO[C@H]1OC(CF)[C@@H](O)[C@H](O)C1O)NC(=O)Cc1ccc(Oc2ccccc2)cc1. The van der Waals surface area contributed by atoms with Gasteiger partial charge >= 0.3 is 0 Å². The van der Waals surface area contributed by atoms with Crippen molar-refractivity contribution in [3.05, 3.63) is 60.2 Å². The maximum absolute atomic E-state index is 13.1. The fourth-order valence-corrected chi connectivity index (χ4v) is 3.86. The Morgan fingerprint density at radius 1 is 1.00 bits per heavy atom. The van der Waals surface area contributed by atoms with E-state index in [4.69, 9.17) is 14.2 Å². The molecule has 2 unspecified atom stereocenters. The molecule has 37 heavy (non-hydrogen) atoms. The fraction of sp³-hybridized carbons (Fsp3) is 0.500. The van der Waals surface area contributed by atoms with Crippen molar-refractivity contribution >= 4 is 5.91 Å². The molecule has 10 nitrogen and oxygen atoms in total. The largest absolute Gasteiger partial charge is 0.457 e. The first kappa shape index (κ1) is 28.9. The van der Waals surface area contributed by atoms with E-state index >= 15 is 0 Å². The molecule has 1 aliphatic heterocycles. The van der Waals surface area contributed by atoms with Crippen LogP contribution in [0.3, 0.4) is 0 Å². The van der Waals surface area contributed by atoms with Crippen LogP contribution in [-0.2, 0) is 20.7 Å². The highest BCUT2D eigenvalue weighted by Crippen LogP contribution is 2.24. The molecule has 1 saturated heterocycles. The van der Waals surface area contributed by atoms with E-state index in [1.54, 1.807) is 31.2 Å². The normalized spacial score (nSPS) is 26.2. The van der Waals surface area contributed by atoms with Crippen LogP contribution in [0.1, 0.15) is 18.9 Å². The average Bonchev–Trinajstić information content (AvgIpc) is 2.91. The van der Waals surface area contributed by atoms with Gasteiger partial charge in [-0.15, -0.1) is 0 Å². The zero-order chi connectivity index (χ0) is 26.9. The van der Waals surface area contributed by atoms with Crippen LogP contribution in [0.5, 0.6) is 11.5 Å². The number of amides is 1. The highest BCUT2D eigenvalue weighted by molar-refractivity contribution is 5.79. The van der Waals surface area contributed by atoms with Gasteiger partial charge in [-0.05, 0) is 36.2 Å². The maximum Gasteiger partial charge on any atom is 0.224 e. The van der Waals surface area contributed by atoms with Crippen LogP contribution in [0, 0.1) is 0 Å². The minimum Gasteiger partial charge on any atom is -0.457 e. The second-order valence-electron chi connectivity index (χ2n) is 8.88. The molecule has 11 heteroatoms. The highest BCUT2D eigenvalue weighted by atomic mass is 19.1. The quantitative estimate of drug-likeness (QED) is 0.232. The predicted octanol–water partition coefficient (Wildman–Crippen LogP) is 0.432. The molecule has 2 aromatic carbocycles. The summed E-state index contributed by atoms with van der Waals surface area (Å²) in [4.78, 5) is 12.7. The second-order valence-corrected chi connectivity index (χ2v) is 8.88. The minimum absolute atomic E-state index is 0.0472. The summed E-state index contributed by atoms with van der Waals surface area (Å²) >= 11 is 0. The molecule has 0 radical (unpaired) electrons. The van der Waals surface area contributed by atoms with E-state index < -0.39 is 68.1 Å². The lowest BCUT2D eigenvalue weighted by atomic mass is 9.99. The van der Waals surface area contributed by atoms with Gasteiger partial charge in [0.2, 0.25) is 5.91 Å². The molecule has 0 bridgehead atoms. The Labute approximate surface area is 214 Å². The first-order chi connectivity index (χ1) is 17.7. The fourth-order valence-electron chi connectivity index (χ4n) is 3.86. The molecule has 204 valence electrons. The third kappa shape index (κ3) is 7.92. The van der Waals surface area contributed by atoms with Crippen molar-refractivity contribution in [3.8, 4) is 11.5 Å². The number of rotatable bonds is 12. The lowest BCUT2D eigenvalue weighted by molar-refractivity contribution is -0.300. The van der Waals surface area contributed by atoms with Crippen molar-refractivity contribution in [3.63, 3.8) is 0 Å². The zero-order valence-corrected chi connectivity index (χ0v) is 20.4. The minimum atomic E-state index is -1.72. The molecule has 1 fully saturated rings. The lowest BCUT2D eigenvalue weighted by Gasteiger charge is -2.40. The van der Waals surface area contributed by atoms with E-state index in [9.17, 15) is 34.7 Å². The molecule has 1 heterocycles. The van der Waals surface area contributed by atoms with E-state index in [2.05, 4.69) is 5.32 Å². The van der Waals surface area contributed by atoms with Gasteiger partial charge in [-0.2, -0.15) is 0 Å². The molecule has 8 atom stereocenters. The summed E-state index contributed by atoms with van der Waals surface area (Å²) in [5.74, 6) is 0.786. The van der Waals surface area contributed by atoms with Gasteiger partial charge in [-0.1, -0.05) is 37.3 Å². The molecule has 0 saturated carbocycles. The summed E-state index contributed by atoms with van der Waals surface area (Å²) in [6.07, 6.45) is -10.5. The number of nitrogens with one attached hydrogen (secondary N) is 1. The molecule has 0 aliphatic carbocycles. The van der Waals surface area contributed by atoms with Crippen LogP contribution in [-0.4, -0.2) is 93.7 Å². The third-order valence-electron chi connectivity index (χ3n) is 6.10. The molecular weight excluding hydrogens is 489 g/mol. The number of benzene rings is 2. The molecule has 2 aromatic rings. The lowest BCUT2D eigenvalue weighted by Crippen LogP contribution is -2.60. The van der Waals surface area contributed by atoms with Gasteiger partial charge in [0.1, 0.15) is 48.7 Å². The maximum atomic E-state index is 13.1. The first-order valence-corrected chi connectivity index (χ1v) is 12.1. The number of alkyl halides is 1. The summed E-state index contributed by atoms with van der Waals surface area (Å²) in [6.45, 7) is 0.0823. The van der Waals surface area contributed by atoms with Crippen molar-refractivity contribution in [2.24, 2.45) is 0 Å². The first-order valence-electron chi connectivity index (χ1n) is 12.1. The number of ether oxygens (including phenoxy) is 3. The summed E-state index contributed by atoms with van der Waals surface area (Å²) in [5.41, 5.74) is 0.664. The van der Waals surface area contributed by atoms with Crippen LogP contribution in [0.25, 0.3) is 0 Å². The number of hydrogen-bond donors (Lipinski definition) is 6. The van der Waals surface area contributed by atoms with Gasteiger partial charge in [0.25, 0.3) is 0 Å². The van der Waals surface area contributed by atoms with Crippen molar-refractivity contribution < 1.29 is 48.9 Å². The smallest absolute Gasteiger partial charge is 0.224 e. The zero-order valence-electron chi connectivity index (χ0n) is 20.4. The van der Waals surface area contributed by atoms with Crippen LogP contribution >= 0.6 is 0 Å². The number of para-hydroxylation sites is 1. The molecule has 1 aliphatic rings. The summed E-state index contributed by atoms with van der Waals surface area (Å²) in [6, 6.07) is 15.0. The van der Waals surface area contributed by atoms with Crippen LogP contribution < -0.4 is 10.1 Å². The summed E-state index contributed by atoms with van der Waals surface area (Å²) < 4.78 is 29.5. The Kier molecular flexibility index (Phi) is 10.8. The van der Waals surface area contributed by atoms with Crippen LogP contribution in [0.2, 0.25) is 0 Å². The molecule has 6 N–H and O–H groups in total. The Morgan fingerprint density at radius 2 is 1.65 bits per heavy atom. The predicted molar refractivity (Wildman–Crippen MR) is 130 cm³/mol. The second kappa shape index (κ2) is 13.8. The van der Waals surface area contributed by atoms with Gasteiger partial charge in [-0.3, -0.25) is 4.79 Å². The van der Waals surface area contributed by atoms with Crippen molar-refractivity contribution in [1.29, 1.82) is 0 Å². The van der Waals surface area contributed by atoms with Crippen LogP contribution in [0.15, 0.2) is 54.6 Å². The summed E-state index contributed by atoms with van der Waals surface area (Å²) in [7, 11) is 0. The topological polar surface area (TPSA) is 158 Å². The number of hydrogen-bond acceptors (Lipinski definition) is 9. The molecule has 3 rings (SSSR count). The standard InChI is InChI=1S/C26H34FNO9/c1-2-19(29)22(31)18(14-35-26-25(34)24(33)23(32)20(13-27)37-26)28-21(30)12-15-8-10-17(11-9-15)36-16-6-4-3-5-7-16/h3-11,18-20,22-26,29,31-34H,2,12-14H2,1H3,(H,28,30)/t18-,19+,20?,22-,23+,24-,25?,26-/m0/s1. The van der Waals surface area contributed by atoms with E-state index in [1.807, 2.05) is 30.3 Å². The Balaban J connectivity index is 1.60. The Morgan fingerprint density at radius 3 is 2.27 bits per heavy atom. The Bertz CT molecular complexity index is 962. The van der Waals surface area contributed by atoms with Gasteiger partial charge in [0, 0.05) is 0 Å². The van der Waals surface area contributed by atoms with Crippen molar-refractivity contribution in [2.45, 2.75) is 68.7 Å². The van der Waals surface area contributed by atoms with Gasteiger partial charge in [0.15, 0.2) is 6.29 Å². The monoisotopic (exact) mass is 523 g/mol. The molecule has 0 aromatic heterocycles. The van der Waals surface area contributed by atoms with E-state index in [-0.39, 0.29) is 12.8 Å². The van der Waals surface area contributed by atoms with Gasteiger partial charge in [0.05, 0.1) is 25.2 Å². The summed E-state index contributed by atoms with van der Waals surface area (Å²) in [5, 5.41) is 53.1. The van der Waals surface area contributed by atoms with Crippen molar-refractivity contribution in [2.75, 3.05) is 13.3 Å². The van der Waals surface area contributed by atoms with Crippen molar-refractivity contribution in [1.82, 2.24) is 5.32 Å². The number of halogens is 1. The molecule has 1 amide bonds. The number of carbonyl (C=O) groups is 1. The molecule has 0 spiro atoms. The van der Waals surface area contributed by atoms with Crippen LogP contribution in [0.4, 0.5) is 4.39 Å². The molecular formula is C26H34FNO9. The number of carbonyl (C=O) groups excluding carboxylic acids is 1. The van der Waals surface area contributed by atoms with Gasteiger partial charge in [-0.25, -0.2) is 4.39 Å². The third-order valence-corrected chi connectivity index (χ3v) is 6.10. The van der Waals surface area contributed by atoms with Gasteiger partial charge < -0.3 is 45.1 Å². The Hall–Kier alpha value is -2.64. The van der Waals surface area contributed by atoms with E-state index in [0.29, 0.717) is 17.1 Å². The number of aliphatic hydroxyl groups is 5. The average molecular weight is 524 g/mol. The number of aliphatic hydroxyl groups excluding tert-OH is 5. The highest BCUT2D eigenvalue weighted by Gasteiger charge is 2.44. The van der Waals surface area contributed by atoms with E-state index in [0.717, 1.165) is 0 Å². The van der Waals surface area contributed by atoms with E-state index in [1.165, 1.54) is 0 Å².